The first-order valence-corrected chi connectivity index (χ1v) is 6.81. The molecular formula is C17H19NO2. The molecule has 0 aliphatic carbocycles. The van der Waals surface area contributed by atoms with Crippen LogP contribution in [0.15, 0.2) is 48.5 Å². The first-order chi connectivity index (χ1) is 9.68. The maximum Gasteiger partial charge on any atom is 0.122 e. The molecule has 3 heteroatoms. The van der Waals surface area contributed by atoms with E-state index in [1.54, 1.807) is 7.11 Å². The third-order valence-corrected chi connectivity index (χ3v) is 3.72. The van der Waals surface area contributed by atoms with Gasteiger partial charge in [0, 0.05) is 0 Å². The zero-order valence-electron chi connectivity index (χ0n) is 11.6. The van der Waals surface area contributed by atoms with Crippen molar-refractivity contribution < 1.29 is 9.47 Å². The van der Waals surface area contributed by atoms with Crippen LogP contribution in [0.4, 0.5) is 0 Å². The third-order valence-electron chi connectivity index (χ3n) is 3.72. The average molecular weight is 269 g/mol. The Balaban J connectivity index is 1.80. The molecule has 0 fully saturated rings. The molecule has 0 spiro atoms. The van der Waals surface area contributed by atoms with E-state index >= 15 is 0 Å². The monoisotopic (exact) mass is 269 g/mol. The topological polar surface area (TPSA) is 44.5 Å². The minimum atomic E-state index is -0.360. The van der Waals surface area contributed by atoms with Crippen molar-refractivity contribution in [1.29, 1.82) is 0 Å². The molecule has 1 heterocycles. The van der Waals surface area contributed by atoms with Crippen LogP contribution in [0.25, 0.3) is 0 Å². The Morgan fingerprint density at radius 1 is 1.20 bits per heavy atom. The van der Waals surface area contributed by atoms with Crippen LogP contribution in [0.3, 0.4) is 0 Å². The predicted molar refractivity (Wildman–Crippen MR) is 79.3 cm³/mol. The molecule has 0 bridgehead atoms. The Morgan fingerprint density at radius 3 is 2.90 bits per heavy atom. The van der Waals surface area contributed by atoms with Gasteiger partial charge in [0.1, 0.15) is 18.1 Å². The van der Waals surface area contributed by atoms with Gasteiger partial charge in [0.2, 0.25) is 0 Å². The van der Waals surface area contributed by atoms with E-state index in [4.69, 9.17) is 15.2 Å². The molecule has 0 amide bonds. The Bertz CT molecular complexity index is 611. The van der Waals surface area contributed by atoms with Crippen molar-refractivity contribution in [2.45, 2.75) is 18.4 Å². The normalized spacial score (nSPS) is 20.9. The quantitative estimate of drug-likeness (QED) is 0.931. The number of fused-ring (bicyclic) bond motifs is 1. The summed E-state index contributed by atoms with van der Waals surface area (Å²) in [6.45, 7) is 0.543. The molecule has 1 aliphatic rings. The fourth-order valence-corrected chi connectivity index (χ4v) is 2.74. The fourth-order valence-electron chi connectivity index (χ4n) is 2.74. The van der Waals surface area contributed by atoms with Gasteiger partial charge in [-0.1, -0.05) is 30.3 Å². The molecule has 3 nitrogen and oxygen atoms in total. The van der Waals surface area contributed by atoms with E-state index in [9.17, 15) is 0 Å². The number of rotatable bonds is 3. The zero-order valence-corrected chi connectivity index (χ0v) is 11.6. The number of ether oxygens (including phenoxy) is 2. The molecule has 3 rings (SSSR count). The van der Waals surface area contributed by atoms with Crippen LogP contribution in [-0.2, 0) is 12.8 Å². The van der Waals surface area contributed by atoms with E-state index in [1.807, 2.05) is 36.4 Å². The van der Waals surface area contributed by atoms with Crippen molar-refractivity contribution in [3.63, 3.8) is 0 Å². The summed E-state index contributed by atoms with van der Waals surface area (Å²) in [6.07, 6.45) is 1.61. The second-order valence-electron chi connectivity index (χ2n) is 5.46. The first-order valence-electron chi connectivity index (χ1n) is 6.81. The molecule has 104 valence electrons. The highest BCUT2D eigenvalue weighted by molar-refractivity contribution is 5.38. The summed E-state index contributed by atoms with van der Waals surface area (Å²) in [5, 5.41) is 0. The van der Waals surface area contributed by atoms with E-state index in [-0.39, 0.29) is 5.54 Å². The van der Waals surface area contributed by atoms with Crippen LogP contribution in [0, 0.1) is 0 Å². The van der Waals surface area contributed by atoms with E-state index in [0.717, 1.165) is 24.3 Å². The number of para-hydroxylation sites is 1. The maximum atomic E-state index is 6.53. The lowest BCUT2D eigenvalue weighted by Crippen LogP contribution is -2.51. The summed E-state index contributed by atoms with van der Waals surface area (Å²) >= 11 is 0. The molecule has 1 atom stereocenters. The molecular weight excluding hydrogens is 250 g/mol. The number of hydrogen-bond donors (Lipinski definition) is 1. The molecule has 0 saturated carbocycles. The summed E-state index contributed by atoms with van der Waals surface area (Å²) in [6, 6.07) is 16.2. The lowest BCUT2D eigenvalue weighted by Gasteiger charge is -2.34. The fraction of sp³-hybridized carbons (Fsp3) is 0.294. The number of benzene rings is 2. The Labute approximate surface area is 119 Å². The molecule has 1 aliphatic heterocycles. The molecule has 2 N–H and O–H groups in total. The molecule has 0 aromatic heterocycles. The Morgan fingerprint density at radius 2 is 2.05 bits per heavy atom. The van der Waals surface area contributed by atoms with Gasteiger partial charge in [0.25, 0.3) is 0 Å². The van der Waals surface area contributed by atoms with Gasteiger partial charge < -0.3 is 15.2 Å². The molecule has 20 heavy (non-hydrogen) atoms. The average Bonchev–Trinajstić information content (AvgIpc) is 2.47. The summed E-state index contributed by atoms with van der Waals surface area (Å²) in [5.74, 6) is 1.82. The Kier molecular flexibility index (Phi) is 3.36. The van der Waals surface area contributed by atoms with Crippen molar-refractivity contribution in [3.8, 4) is 11.5 Å². The van der Waals surface area contributed by atoms with Crippen LogP contribution in [0.5, 0.6) is 11.5 Å². The number of methoxy groups -OCH3 is 1. The van der Waals surface area contributed by atoms with Gasteiger partial charge in [0.05, 0.1) is 12.6 Å². The molecule has 0 radical (unpaired) electrons. The van der Waals surface area contributed by atoms with Crippen LogP contribution < -0.4 is 15.2 Å². The first kappa shape index (κ1) is 13.0. The van der Waals surface area contributed by atoms with Gasteiger partial charge in [-0.2, -0.15) is 0 Å². The molecule has 0 saturated heterocycles. The summed E-state index contributed by atoms with van der Waals surface area (Å²) < 4.78 is 11.1. The smallest absolute Gasteiger partial charge is 0.122 e. The van der Waals surface area contributed by atoms with Crippen molar-refractivity contribution >= 4 is 0 Å². The predicted octanol–water partition coefficient (Wildman–Crippen LogP) is 2.57. The Hall–Kier alpha value is -2.00. The lowest BCUT2D eigenvalue weighted by atomic mass is 9.84. The highest BCUT2D eigenvalue weighted by atomic mass is 16.5. The van der Waals surface area contributed by atoms with Crippen molar-refractivity contribution in [2.24, 2.45) is 5.73 Å². The van der Waals surface area contributed by atoms with Gasteiger partial charge in [-0.3, -0.25) is 0 Å². The molecule has 2 aromatic rings. The van der Waals surface area contributed by atoms with Gasteiger partial charge in [0.15, 0.2) is 0 Å². The van der Waals surface area contributed by atoms with E-state index in [2.05, 4.69) is 12.1 Å². The summed E-state index contributed by atoms with van der Waals surface area (Å²) in [4.78, 5) is 0. The lowest BCUT2D eigenvalue weighted by molar-refractivity contribution is 0.190. The molecule has 1 unspecified atom stereocenters. The second kappa shape index (κ2) is 5.17. The van der Waals surface area contributed by atoms with Gasteiger partial charge in [-0.05, 0) is 42.2 Å². The third kappa shape index (κ3) is 2.63. The van der Waals surface area contributed by atoms with Crippen LogP contribution in [0.2, 0.25) is 0 Å². The highest BCUT2D eigenvalue weighted by Gasteiger charge is 2.32. The van der Waals surface area contributed by atoms with E-state index in [1.165, 1.54) is 11.1 Å². The number of nitrogens with two attached hydrogens (primary N) is 1. The van der Waals surface area contributed by atoms with Gasteiger partial charge in [-0.15, -0.1) is 0 Å². The van der Waals surface area contributed by atoms with Crippen molar-refractivity contribution in [2.75, 3.05) is 13.7 Å². The minimum Gasteiger partial charge on any atom is -0.497 e. The second-order valence-corrected chi connectivity index (χ2v) is 5.46. The highest BCUT2D eigenvalue weighted by Crippen LogP contribution is 2.30. The van der Waals surface area contributed by atoms with E-state index < -0.39 is 0 Å². The van der Waals surface area contributed by atoms with E-state index in [0.29, 0.717) is 6.61 Å². The van der Waals surface area contributed by atoms with Crippen molar-refractivity contribution in [3.05, 3.63) is 59.7 Å². The number of hydrogen-bond acceptors (Lipinski definition) is 3. The SMILES string of the molecule is COc1cccc(CC2(N)COc3ccccc3C2)c1. The van der Waals surface area contributed by atoms with Crippen LogP contribution >= 0.6 is 0 Å². The minimum absolute atomic E-state index is 0.360. The standard InChI is InChI=1S/C17H19NO2/c1-19-15-7-4-5-13(9-15)10-17(18)11-14-6-2-3-8-16(14)20-12-17/h2-9H,10-12,18H2,1H3. The van der Waals surface area contributed by atoms with Crippen LogP contribution in [0.1, 0.15) is 11.1 Å². The van der Waals surface area contributed by atoms with Gasteiger partial charge in [-0.25, -0.2) is 0 Å². The largest absolute Gasteiger partial charge is 0.497 e. The van der Waals surface area contributed by atoms with Crippen LogP contribution in [-0.4, -0.2) is 19.3 Å². The van der Waals surface area contributed by atoms with Crippen molar-refractivity contribution in [1.82, 2.24) is 0 Å². The maximum absolute atomic E-state index is 6.53. The molecule has 2 aromatic carbocycles. The summed E-state index contributed by atoms with van der Waals surface area (Å²) in [5.41, 5.74) is 8.53. The zero-order chi connectivity index (χ0) is 14.0. The van der Waals surface area contributed by atoms with Gasteiger partial charge >= 0.3 is 0 Å². The summed E-state index contributed by atoms with van der Waals surface area (Å²) in [7, 11) is 1.68.